The Hall–Kier alpha value is -0.120. The van der Waals surface area contributed by atoms with Crippen LogP contribution in [0.4, 0.5) is 0 Å². The molecule has 3 atom stereocenters. The Morgan fingerprint density at radius 2 is 2.11 bits per heavy atom. The molecule has 0 amide bonds. The van der Waals surface area contributed by atoms with E-state index in [0.29, 0.717) is 12.1 Å². The summed E-state index contributed by atoms with van der Waals surface area (Å²) in [6.45, 7) is 11.0. The molecule has 0 aromatic heterocycles. The monoisotopic (exact) mass is 256 g/mol. The van der Waals surface area contributed by atoms with Gasteiger partial charge in [0.1, 0.15) is 0 Å². The molecule has 1 aliphatic rings. The lowest BCUT2D eigenvalue weighted by Gasteiger charge is -2.32. The van der Waals surface area contributed by atoms with Crippen LogP contribution in [0.2, 0.25) is 0 Å². The second kappa shape index (κ2) is 8.89. The van der Waals surface area contributed by atoms with E-state index in [-0.39, 0.29) is 0 Å². The van der Waals surface area contributed by atoms with Gasteiger partial charge < -0.3 is 15.0 Å². The molecule has 3 nitrogen and oxygen atoms in total. The van der Waals surface area contributed by atoms with Crippen LogP contribution in [0.15, 0.2) is 0 Å². The van der Waals surface area contributed by atoms with Gasteiger partial charge >= 0.3 is 0 Å². The number of nitrogens with zero attached hydrogens (tertiary/aromatic N) is 1. The molecule has 1 aliphatic heterocycles. The van der Waals surface area contributed by atoms with E-state index >= 15 is 0 Å². The van der Waals surface area contributed by atoms with E-state index in [1.807, 2.05) is 0 Å². The lowest BCUT2D eigenvalue weighted by atomic mass is 9.98. The molecule has 1 N–H and O–H groups in total. The molecule has 108 valence electrons. The van der Waals surface area contributed by atoms with Crippen molar-refractivity contribution in [3.8, 4) is 0 Å². The van der Waals surface area contributed by atoms with Crippen molar-refractivity contribution in [2.45, 2.75) is 58.6 Å². The molecule has 1 saturated heterocycles. The Morgan fingerprint density at radius 1 is 1.33 bits per heavy atom. The average Bonchev–Trinajstić information content (AvgIpc) is 2.38. The van der Waals surface area contributed by atoms with Crippen LogP contribution in [0.1, 0.15) is 46.5 Å². The van der Waals surface area contributed by atoms with Crippen LogP contribution in [0.5, 0.6) is 0 Å². The number of rotatable bonds is 8. The molecule has 0 radical (unpaired) electrons. The lowest BCUT2D eigenvalue weighted by molar-refractivity contribution is -0.00339. The Bertz CT molecular complexity index is 205. The van der Waals surface area contributed by atoms with Crippen LogP contribution in [-0.2, 0) is 4.74 Å². The molecule has 0 spiro atoms. The van der Waals surface area contributed by atoms with Crippen molar-refractivity contribution in [1.29, 1.82) is 0 Å². The van der Waals surface area contributed by atoms with E-state index < -0.39 is 0 Å². The van der Waals surface area contributed by atoms with Crippen molar-refractivity contribution in [2.24, 2.45) is 5.92 Å². The van der Waals surface area contributed by atoms with Gasteiger partial charge in [0.25, 0.3) is 0 Å². The Balaban J connectivity index is 2.32. The van der Waals surface area contributed by atoms with Gasteiger partial charge in [-0.2, -0.15) is 0 Å². The maximum atomic E-state index is 5.81. The molecular weight excluding hydrogens is 224 g/mol. The highest BCUT2D eigenvalue weighted by Crippen LogP contribution is 2.14. The molecule has 0 bridgehead atoms. The molecule has 3 heteroatoms. The van der Waals surface area contributed by atoms with E-state index in [1.54, 1.807) is 0 Å². The summed E-state index contributed by atoms with van der Waals surface area (Å²) in [5, 5.41) is 3.62. The SMILES string of the molecule is CCNC(CN(C)CC1CCCCO1)C(C)CC. The number of likely N-dealkylation sites (N-methyl/N-ethyl adjacent to an activating group) is 2. The molecule has 18 heavy (non-hydrogen) atoms. The summed E-state index contributed by atoms with van der Waals surface area (Å²) in [6, 6.07) is 0.605. The maximum Gasteiger partial charge on any atom is 0.0701 e. The second-order valence-electron chi connectivity index (χ2n) is 5.76. The first-order valence-electron chi connectivity index (χ1n) is 7.70. The standard InChI is InChI=1S/C15H32N2O/c1-5-13(3)15(16-6-2)12-17(4)11-14-9-7-8-10-18-14/h13-16H,5-12H2,1-4H3. The molecule has 1 rings (SSSR count). The fourth-order valence-corrected chi connectivity index (χ4v) is 2.70. The minimum Gasteiger partial charge on any atom is -0.377 e. The van der Waals surface area contributed by atoms with Gasteiger partial charge in [0.05, 0.1) is 6.10 Å². The molecular formula is C15H32N2O. The first-order valence-corrected chi connectivity index (χ1v) is 7.70. The van der Waals surface area contributed by atoms with Crippen molar-refractivity contribution in [2.75, 3.05) is 33.3 Å². The van der Waals surface area contributed by atoms with Crippen LogP contribution >= 0.6 is 0 Å². The minimum absolute atomic E-state index is 0.461. The van der Waals surface area contributed by atoms with Gasteiger partial charge in [-0.25, -0.2) is 0 Å². The second-order valence-corrected chi connectivity index (χ2v) is 5.76. The summed E-state index contributed by atoms with van der Waals surface area (Å²) in [6.07, 6.45) is 5.52. The zero-order chi connectivity index (χ0) is 13.4. The number of hydrogen-bond donors (Lipinski definition) is 1. The van der Waals surface area contributed by atoms with E-state index in [0.717, 1.165) is 32.2 Å². The van der Waals surface area contributed by atoms with Crippen molar-refractivity contribution in [3.63, 3.8) is 0 Å². The summed E-state index contributed by atoms with van der Waals surface area (Å²) in [5.41, 5.74) is 0. The smallest absolute Gasteiger partial charge is 0.0701 e. The van der Waals surface area contributed by atoms with Crippen LogP contribution in [0, 0.1) is 5.92 Å². The maximum absolute atomic E-state index is 5.81. The summed E-state index contributed by atoms with van der Waals surface area (Å²) in [5.74, 6) is 0.736. The summed E-state index contributed by atoms with van der Waals surface area (Å²) >= 11 is 0. The summed E-state index contributed by atoms with van der Waals surface area (Å²) in [7, 11) is 2.23. The predicted octanol–water partition coefficient (Wildman–Crippen LogP) is 2.51. The highest BCUT2D eigenvalue weighted by molar-refractivity contribution is 4.77. The third-order valence-corrected chi connectivity index (χ3v) is 4.09. The van der Waals surface area contributed by atoms with Crippen molar-refractivity contribution in [3.05, 3.63) is 0 Å². The molecule has 0 aromatic carbocycles. The molecule has 1 fully saturated rings. The van der Waals surface area contributed by atoms with Crippen LogP contribution < -0.4 is 5.32 Å². The number of ether oxygens (including phenoxy) is 1. The Labute approximate surface area is 113 Å². The normalized spacial score (nSPS) is 24.2. The topological polar surface area (TPSA) is 24.5 Å². The van der Waals surface area contributed by atoms with Gasteiger partial charge in [0, 0.05) is 25.7 Å². The van der Waals surface area contributed by atoms with Crippen molar-refractivity contribution in [1.82, 2.24) is 10.2 Å². The molecule has 0 saturated carbocycles. The molecule has 0 aromatic rings. The average molecular weight is 256 g/mol. The van der Waals surface area contributed by atoms with E-state index in [4.69, 9.17) is 4.74 Å². The number of hydrogen-bond acceptors (Lipinski definition) is 3. The summed E-state index contributed by atoms with van der Waals surface area (Å²) in [4.78, 5) is 2.44. The van der Waals surface area contributed by atoms with Crippen LogP contribution in [-0.4, -0.2) is 50.3 Å². The molecule has 3 unspecified atom stereocenters. The fraction of sp³-hybridized carbons (Fsp3) is 1.00. The van der Waals surface area contributed by atoms with Crippen LogP contribution in [0.25, 0.3) is 0 Å². The highest BCUT2D eigenvalue weighted by Gasteiger charge is 2.20. The Kier molecular flexibility index (Phi) is 7.87. The first-order chi connectivity index (χ1) is 8.67. The van der Waals surface area contributed by atoms with Gasteiger partial charge in [-0.05, 0) is 38.8 Å². The van der Waals surface area contributed by atoms with Gasteiger partial charge in [-0.3, -0.25) is 0 Å². The third-order valence-electron chi connectivity index (χ3n) is 4.09. The lowest BCUT2D eigenvalue weighted by Crippen LogP contribution is -2.46. The zero-order valence-electron chi connectivity index (χ0n) is 12.7. The van der Waals surface area contributed by atoms with E-state index in [1.165, 1.54) is 25.7 Å². The highest BCUT2D eigenvalue weighted by atomic mass is 16.5. The Morgan fingerprint density at radius 3 is 2.67 bits per heavy atom. The zero-order valence-corrected chi connectivity index (χ0v) is 12.7. The third kappa shape index (κ3) is 5.68. The van der Waals surface area contributed by atoms with E-state index in [9.17, 15) is 0 Å². The molecule has 0 aliphatic carbocycles. The largest absolute Gasteiger partial charge is 0.377 e. The van der Waals surface area contributed by atoms with Crippen molar-refractivity contribution < 1.29 is 4.74 Å². The van der Waals surface area contributed by atoms with Crippen molar-refractivity contribution >= 4 is 0 Å². The molecule has 1 heterocycles. The van der Waals surface area contributed by atoms with Gasteiger partial charge in [-0.15, -0.1) is 0 Å². The minimum atomic E-state index is 0.461. The predicted molar refractivity (Wildman–Crippen MR) is 78.0 cm³/mol. The number of nitrogens with one attached hydrogen (secondary N) is 1. The van der Waals surface area contributed by atoms with E-state index in [2.05, 4.69) is 38.0 Å². The van der Waals surface area contributed by atoms with Gasteiger partial charge in [0.2, 0.25) is 0 Å². The van der Waals surface area contributed by atoms with Gasteiger partial charge in [0.15, 0.2) is 0 Å². The fourth-order valence-electron chi connectivity index (χ4n) is 2.70. The van der Waals surface area contributed by atoms with Crippen LogP contribution in [0.3, 0.4) is 0 Å². The van der Waals surface area contributed by atoms with Gasteiger partial charge in [-0.1, -0.05) is 27.2 Å². The quantitative estimate of drug-likeness (QED) is 0.722. The summed E-state index contributed by atoms with van der Waals surface area (Å²) < 4.78 is 5.81. The first kappa shape index (κ1) is 15.9.